The molecule has 0 unspecified atom stereocenters. The Bertz CT molecular complexity index is 557. The number of benzene rings is 1. The van der Waals surface area contributed by atoms with Crippen LogP contribution in [0.3, 0.4) is 0 Å². The molecule has 0 atom stereocenters. The summed E-state index contributed by atoms with van der Waals surface area (Å²) < 4.78 is 18.6. The third kappa shape index (κ3) is 2.87. The molecule has 18 heavy (non-hydrogen) atoms. The van der Waals surface area contributed by atoms with E-state index in [1.807, 2.05) is 0 Å². The normalized spacial score (nSPS) is 10.2. The maximum Gasteiger partial charge on any atom is 0.224 e. The number of rotatable bonds is 3. The highest BCUT2D eigenvalue weighted by Crippen LogP contribution is 2.24. The second-order valence-electron chi connectivity index (χ2n) is 3.63. The van der Waals surface area contributed by atoms with Crippen LogP contribution in [0.2, 0.25) is 5.28 Å². The van der Waals surface area contributed by atoms with Crippen LogP contribution < -0.4 is 10.1 Å². The highest BCUT2D eigenvalue weighted by Gasteiger charge is 2.06. The third-order valence-corrected chi connectivity index (χ3v) is 2.43. The fourth-order valence-electron chi connectivity index (χ4n) is 1.46. The molecule has 0 aliphatic rings. The highest BCUT2D eigenvalue weighted by molar-refractivity contribution is 6.28. The van der Waals surface area contributed by atoms with Crippen LogP contribution in [0.15, 0.2) is 24.3 Å². The van der Waals surface area contributed by atoms with E-state index in [-0.39, 0.29) is 11.0 Å². The summed E-state index contributed by atoms with van der Waals surface area (Å²) in [5.41, 5.74) is 0.962. The minimum absolute atomic E-state index is 0.112. The van der Waals surface area contributed by atoms with Gasteiger partial charge in [-0.1, -0.05) is 0 Å². The maximum atomic E-state index is 13.6. The molecule has 1 aromatic heterocycles. The zero-order valence-corrected chi connectivity index (χ0v) is 10.6. The molecule has 1 aromatic carbocycles. The number of aromatic nitrogens is 2. The lowest BCUT2D eigenvalue weighted by Gasteiger charge is -2.09. The van der Waals surface area contributed by atoms with Crippen LogP contribution in [0.5, 0.6) is 5.75 Å². The van der Waals surface area contributed by atoms with Gasteiger partial charge in [-0.2, -0.15) is 0 Å². The largest absolute Gasteiger partial charge is 0.497 e. The lowest BCUT2D eigenvalue weighted by molar-refractivity contribution is 0.414. The predicted octanol–water partition coefficient (Wildman–Crippen LogP) is 3.33. The van der Waals surface area contributed by atoms with E-state index in [4.69, 9.17) is 16.3 Å². The molecule has 0 saturated heterocycles. The highest BCUT2D eigenvalue weighted by atomic mass is 35.5. The van der Waals surface area contributed by atoms with Gasteiger partial charge in [-0.3, -0.25) is 0 Å². The second-order valence-corrected chi connectivity index (χ2v) is 3.97. The molecule has 0 fully saturated rings. The summed E-state index contributed by atoms with van der Waals surface area (Å²) in [6, 6.07) is 6.07. The Morgan fingerprint density at radius 2 is 2.06 bits per heavy atom. The van der Waals surface area contributed by atoms with E-state index in [0.717, 1.165) is 0 Å². The molecule has 2 rings (SSSR count). The molecule has 6 heteroatoms. The molecular weight excluding hydrogens is 257 g/mol. The summed E-state index contributed by atoms with van der Waals surface area (Å²) >= 11 is 5.73. The Balaban J connectivity index is 2.33. The second kappa shape index (κ2) is 5.18. The van der Waals surface area contributed by atoms with Crippen molar-refractivity contribution in [3.8, 4) is 5.75 Å². The average Bonchev–Trinajstić information content (AvgIpc) is 2.30. The molecule has 0 amide bonds. The van der Waals surface area contributed by atoms with Crippen molar-refractivity contribution in [2.24, 2.45) is 0 Å². The van der Waals surface area contributed by atoms with Crippen LogP contribution in [0.25, 0.3) is 0 Å². The number of nitrogens with zero attached hydrogens (tertiary/aromatic N) is 2. The maximum absolute atomic E-state index is 13.6. The monoisotopic (exact) mass is 267 g/mol. The van der Waals surface area contributed by atoms with E-state index in [2.05, 4.69) is 15.3 Å². The van der Waals surface area contributed by atoms with Crippen LogP contribution in [0.1, 0.15) is 5.69 Å². The Morgan fingerprint density at radius 1 is 1.28 bits per heavy atom. The summed E-state index contributed by atoms with van der Waals surface area (Å²) in [5.74, 6) is 0.582. The molecule has 0 aliphatic heterocycles. The first-order valence-electron chi connectivity index (χ1n) is 5.20. The number of hydrogen-bond acceptors (Lipinski definition) is 4. The van der Waals surface area contributed by atoms with Crippen molar-refractivity contribution in [2.75, 3.05) is 12.4 Å². The molecular formula is C12H11ClFN3O. The summed E-state index contributed by atoms with van der Waals surface area (Å²) in [6.07, 6.45) is 0. The van der Waals surface area contributed by atoms with Crippen LogP contribution in [0.4, 0.5) is 15.9 Å². The van der Waals surface area contributed by atoms with Gasteiger partial charge < -0.3 is 10.1 Å². The quantitative estimate of drug-likeness (QED) is 0.867. The Morgan fingerprint density at radius 3 is 2.72 bits per heavy atom. The van der Waals surface area contributed by atoms with Gasteiger partial charge in [0.15, 0.2) is 0 Å². The van der Waals surface area contributed by atoms with Crippen molar-refractivity contribution in [3.63, 3.8) is 0 Å². The average molecular weight is 268 g/mol. The fraction of sp³-hybridized carbons (Fsp3) is 0.167. The molecule has 0 aliphatic carbocycles. The van der Waals surface area contributed by atoms with Crippen molar-refractivity contribution < 1.29 is 9.13 Å². The molecule has 0 radical (unpaired) electrons. The van der Waals surface area contributed by atoms with Crippen LogP contribution in [-0.2, 0) is 0 Å². The standard InChI is InChI=1S/C12H11ClFN3O/c1-7-5-11(17-12(13)15-7)16-10-6-8(18-2)3-4-9(10)14/h3-6H,1-2H3,(H,15,16,17). The smallest absolute Gasteiger partial charge is 0.224 e. The zero-order chi connectivity index (χ0) is 13.1. The van der Waals surface area contributed by atoms with Gasteiger partial charge in [0.25, 0.3) is 0 Å². The van der Waals surface area contributed by atoms with Crippen LogP contribution in [-0.4, -0.2) is 17.1 Å². The summed E-state index contributed by atoms with van der Waals surface area (Å²) in [7, 11) is 1.52. The van der Waals surface area contributed by atoms with E-state index >= 15 is 0 Å². The first-order valence-corrected chi connectivity index (χ1v) is 5.58. The fourth-order valence-corrected chi connectivity index (χ4v) is 1.69. The van der Waals surface area contributed by atoms with E-state index in [9.17, 15) is 4.39 Å². The topological polar surface area (TPSA) is 47.0 Å². The van der Waals surface area contributed by atoms with Gasteiger partial charge in [-0.15, -0.1) is 0 Å². The minimum atomic E-state index is -0.400. The van der Waals surface area contributed by atoms with E-state index < -0.39 is 5.82 Å². The molecule has 2 aromatic rings. The number of anilines is 2. The molecule has 0 saturated carbocycles. The van der Waals surface area contributed by atoms with Crippen molar-refractivity contribution in [2.45, 2.75) is 6.92 Å². The molecule has 0 spiro atoms. The molecule has 0 bridgehead atoms. The van der Waals surface area contributed by atoms with E-state index in [1.165, 1.54) is 13.2 Å². The number of aryl methyl sites for hydroxylation is 1. The van der Waals surface area contributed by atoms with Crippen LogP contribution >= 0.6 is 11.6 Å². The first-order chi connectivity index (χ1) is 8.58. The number of methoxy groups -OCH3 is 1. The molecule has 94 valence electrons. The van der Waals surface area contributed by atoms with E-state index in [0.29, 0.717) is 17.3 Å². The van der Waals surface area contributed by atoms with Gasteiger partial charge >= 0.3 is 0 Å². The van der Waals surface area contributed by atoms with Gasteiger partial charge in [0, 0.05) is 17.8 Å². The van der Waals surface area contributed by atoms with Crippen molar-refractivity contribution in [1.82, 2.24) is 9.97 Å². The number of hydrogen-bond donors (Lipinski definition) is 1. The minimum Gasteiger partial charge on any atom is -0.497 e. The van der Waals surface area contributed by atoms with Gasteiger partial charge in [-0.05, 0) is 30.7 Å². The molecule has 1 heterocycles. The zero-order valence-electron chi connectivity index (χ0n) is 9.87. The lowest BCUT2D eigenvalue weighted by atomic mass is 10.3. The lowest BCUT2D eigenvalue weighted by Crippen LogP contribution is -1.99. The summed E-state index contributed by atoms with van der Waals surface area (Å²) in [4.78, 5) is 7.89. The Kier molecular flexibility index (Phi) is 3.62. The van der Waals surface area contributed by atoms with E-state index in [1.54, 1.807) is 25.1 Å². The van der Waals surface area contributed by atoms with Gasteiger partial charge in [-0.25, -0.2) is 14.4 Å². The number of nitrogens with one attached hydrogen (secondary N) is 1. The summed E-state index contributed by atoms with van der Waals surface area (Å²) in [6.45, 7) is 1.78. The SMILES string of the molecule is COc1ccc(F)c(Nc2cc(C)nc(Cl)n2)c1. The Labute approximate surface area is 109 Å². The summed E-state index contributed by atoms with van der Waals surface area (Å²) in [5, 5.41) is 2.95. The van der Waals surface area contributed by atoms with Crippen molar-refractivity contribution >= 4 is 23.1 Å². The molecule has 4 nitrogen and oxygen atoms in total. The van der Waals surface area contributed by atoms with Crippen molar-refractivity contribution in [1.29, 1.82) is 0 Å². The van der Waals surface area contributed by atoms with Gasteiger partial charge in [0.1, 0.15) is 17.4 Å². The first kappa shape index (κ1) is 12.6. The van der Waals surface area contributed by atoms with Crippen LogP contribution in [0, 0.1) is 12.7 Å². The number of halogens is 2. The Hall–Kier alpha value is -1.88. The predicted molar refractivity (Wildman–Crippen MR) is 68.0 cm³/mol. The molecule has 1 N–H and O–H groups in total. The van der Waals surface area contributed by atoms with Gasteiger partial charge in [0.05, 0.1) is 12.8 Å². The van der Waals surface area contributed by atoms with Crippen molar-refractivity contribution in [3.05, 3.63) is 41.1 Å². The third-order valence-electron chi connectivity index (χ3n) is 2.26. The number of ether oxygens (including phenoxy) is 1. The van der Waals surface area contributed by atoms with Gasteiger partial charge in [0.2, 0.25) is 5.28 Å².